The molecule has 1 aromatic carbocycles. The van der Waals surface area contributed by atoms with Crippen molar-refractivity contribution in [2.75, 3.05) is 0 Å². The lowest BCUT2D eigenvalue weighted by Gasteiger charge is -2.11. The molecule has 1 heterocycles. The van der Waals surface area contributed by atoms with Crippen LogP contribution >= 0.6 is 22.9 Å². The monoisotopic (exact) mass is 302 g/mol. The van der Waals surface area contributed by atoms with Crippen LogP contribution in [0.5, 0.6) is 0 Å². The Morgan fingerprint density at radius 3 is 2.50 bits per heavy atom. The lowest BCUT2D eigenvalue weighted by molar-refractivity contribution is 0.626. The minimum Gasteiger partial charge on any atom is -0.259 e. The molecule has 5 heteroatoms. The van der Waals surface area contributed by atoms with Crippen LogP contribution in [0.3, 0.4) is 0 Å². The predicted molar refractivity (Wildman–Crippen MR) is 76.0 cm³/mol. The second-order valence-corrected chi connectivity index (χ2v) is 7.48. The molecule has 2 rings (SSSR count). The Labute approximate surface area is 117 Å². The summed E-state index contributed by atoms with van der Waals surface area (Å²) in [5.41, 5.74) is 0.886. The van der Waals surface area contributed by atoms with Gasteiger partial charge in [-0.1, -0.05) is 23.7 Å². The summed E-state index contributed by atoms with van der Waals surface area (Å²) in [6, 6.07) is 9.85. The smallest absolute Gasteiger partial charge is 0.123 e. The molecule has 0 N–H and O–H groups in total. The fourth-order valence-corrected chi connectivity index (χ4v) is 4.13. The summed E-state index contributed by atoms with van der Waals surface area (Å²) in [5, 5.41) is -0.119. The molecule has 0 amide bonds. The molecule has 0 fully saturated rings. The number of hydrogen-bond acceptors (Lipinski definition) is 2. The van der Waals surface area contributed by atoms with Gasteiger partial charge in [-0.05, 0) is 36.8 Å². The van der Waals surface area contributed by atoms with Gasteiger partial charge in [0, 0.05) is 15.7 Å². The maximum absolute atomic E-state index is 12.8. The number of hydrogen-bond donors (Lipinski definition) is 0. The van der Waals surface area contributed by atoms with Crippen molar-refractivity contribution in [3.05, 3.63) is 57.0 Å². The van der Waals surface area contributed by atoms with E-state index in [1.165, 1.54) is 23.5 Å². The van der Waals surface area contributed by atoms with E-state index in [1.54, 1.807) is 18.2 Å². The zero-order valence-electron chi connectivity index (χ0n) is 9.73. The van der Waals surface area contributed by atoms with Crippen molar-refractivity contribution in [1.82, 2.24) is 0 Å². The van der Waals surface area contributed by atoms with Crippen molar-refractivity contribution in [2.45, 2.75) is 17.9 Å². The molecular weight excluding hydrogens is 291 g/mol. The van der Waals surface area contributed by atoms with E-state index < -0.39 is 10.8 Å². The van der Waals surface area contributed by atoms with Gasteiger partial charge >= 0.3 is 0 Å². The molecule has 2 atom stereocenters. The third kappa shape index (κ3) is 3.40. The number of benzene rings is 1. The topological polar surface area (TPSA) is 17.1 Å². The predicted octanol–water partition coefficient (Wildman–Crippen LogP) is 4.55. The largest absolute Gasteiger partial charge is 0.259 e. The molecule has 1 aromatic heterocycles. The molecule has 0 radical (unpaired) electrons. The fraction of sp³-hybridized carbons (Fsp3) is 0.231. The molecule has 0 aliphatic rings. The number of rotatable bonds is 4. The Hall–Kier alpha value is -0.710. The van der Waals surface area contributed by atoms with Crippen LogP contribution in [0.25, 0.3) is 0 Å². The van der Waals surface area contributed by atoms with Crippen LogP contribution in [0.4, 0.5) is 4.39 Å². The Bertz CT molecular complexity index is 550. The van der Waals surface area contributed by atoms with E-state index in [1.807, 2.05) is 13.0 Å². The molecular formula is C13H12ClFOS2. The van der Waals surface area contributed by atoms with E-state index in [4.69, 9.17) is 11.6 Å². The highest BCUT2D eigenvalue weighted by atomic mass is 35.5. The lowest BCUT2D eigenvalue weighted by atomic mass is 10.2. The van der Waals surface area contributed by atoms with Crippen molar-refractivity contribution < 1.29 is 8.60 Å². The normalized spacial score (nSPS) is 14.4. The van der Waals surface area contributed by atoms with E-state index in [0.717, 1.165) is 10.4 Å². The van der Waals surface area contributed by atoms with Gasteiger partial charge in [-0.25, -0.2) is 4.39 Å². The molecule has 0 aliphatic heterocycles. The zero-order chi connectivity index (χ0) is 13.1. The molecule has 18 heavy (non-hydrogen) atoms. The standard InChI is InChI=1S/C13H12ClFOS2/c1-9(10-2-4-11(15)5-3-10)18(16)8-12-6-7-13(14)17-12/h2-7,9H,8H2,1H3/t9-,18-/m1/s1. The van der Waals surface area contributed by atoms with Crippen LogP contribution in [-0.2, 0) is 16.6 Å². The summed E-state index contributed by atoms with van der Waals surface area (Å²) >= 11 is 7.28. The Morgan fingerprint density at radius 2 is 1.94 bits per heavy atom. The first-order valence-corrected chi connectivity index (χ1v) is 8.01. The minimum absolute atomic E-state index is 0.119. The van der Waals surface area contributed by atoms with Crippen LogP contribution in [0, 0.1) is 5.82 Å². The third-order valence-electron chi connectivity index (χ3n) is 2.65. The second-order valence-electron chi connectivity index (χ2n) is 3.92. The van der Waals surface area contributed by atoms with Crippen LogP contribution in [-0.4, -0.2) is 4.21 Å². The van der Waals surface area contributed by atoms with Crippen molar-refractivity contribution in [3.63, 3.8) is 0 Å². The Kier molecular flexibility index (Phi) is 4.54. The van der Waals surface area contributed by atoms with Crippen molar-refractivity contribution in [1.29, 1.82) is 0 Å². The van der Waals surface area contributed by atoms with Gasteiger partial charge in [-0.2, -0.15) is 0 Å². The van der Waals surface area contributed by atoms with Crippen LogP contribution < -0.4 is 0 Å². The van der Waals surface area contributed by atoms with E-state index in [-0.39, 0.29) is 11.1 Å². The van der Waals surface area contributed by atoms with E-state index in [9.17, 15) is 8.60 Å². The molecule has 96 valence electrons. The van der Waals surface area contributed by atoms with Gasteiger partial charge < -0.3 is 0 Å². The molecule has 1 nitrogen and oxygen atoms in total. The average molecular weight is 303 g/mol. The quantitative estimate of drug-likeness (QED) is 0.809. The molecule has 0 spiro atoms. The SMILES string of the molecule is C[C@H](c1ccc(F)cc1)[S@](=O)Cc1ccc(Cl)s1. The molecule has 0 aliphatic carbocycles. The summed E-state index contributed by atoms with van der Waals surface area (Å²) in [5.74, 6) is 0.206. The van der Waals surface area contributed by atoms with Crippen LogP contribution in [0.2, 0.25) is 4.34 Å². The van der Waals surface area contributed by atoms with E-state index in [2.05, 4.69) is 0 Å². The van der Waals surface area contributed by atoms with Crippen LogP contribution in [0.15, 0.2) is 36.4 Å². The van der Waals surface area contributed by atoms with Gasteiger partial charge in [-0.3, -0.25) is 4.21 Å². The minimum atomic E-state index is -1.03. The summed E-state index contributed by atoms with van der Waals surface area (Å²) in [6.07, 6.45) is 0. The highest BCUT2D eigenvalue weighted by Crippen LogP contribution is 2.27. The third-order valence-corrected chi connectivity index (χ3v) is 5.72. The summed E-state index contributed by atoms with van der Waals surface area (Å²) in [4.78, 5) is 1.01. The van der Waals surface area contributed by atoms with Gasteiger partial charge in [0.25, 0.3) is 0 Å². The fourth-order valence-electron chi connectivity index (χ4n) is 1.58. The summed E-state index contributed by atoms with van der Waals surface area (Å²) in [6.45, 7) is 1.89. The van der Waals surface area contributed by atoms with Crippen molar-refractivity contribution in [3.8, 4) is 0 Å². The maximum atomic E-state index is 12.8. The molecule has 0 unspecified atom stereocenters. The lowest BCUT2D eigenvalue weighted by Crippen LogP contribution is -2.04. The molecule has 0 saturated carbocycles. The van der Waals surface area contributed by atoms with Gasteiger partial charge in [0.05, 0.1) is 15.3 Å². The first-order valence-electron chi connectivity index (χ1n) is 5.43. The van der Waals surface area contributed by atoms with Gasteiger partial charge in [-0.15, -0.1) is 11.3 Å². The average Bonchev–Trinajstić information content (AvgIpc) is 2.75. The zero-order valence-corrected chi connectivity index (χ0v) is 12.1. The first kappa shape index (κ1) is 13.7. The Morgan fingerprint density at radius 1 is 1.28 bits per heavy atom. The van der Waals surface area contributed by atoms with Gasteiger partial charge in [0.1, 0.15) is 5.82 Å². The highest BCUT2D eigenvalue weighted by molar-refractivity contribution is 7.84. The van der Waals surface area contributed by atoms with E-state index >= 15 is 0 Å². The van der Waals surface area contributed by atoms with Crippen molar-refractivity contribution in [2.24, 2.45) is 0 Å². The molecule has 0 bridgehead atoms. The first-order chi connectivity index (χ1) is 8.56. The van der Waals surface area contributed by atoms with Gasteiger partial charge in [0.2, 0.25) is 0 Å². The maximum Gasteiger partial charge on any atom is 0.123 e. The van der Waals surface area contributed by atoms with Crippen LogP contribution in [0.1, 0.15) is 22.6 Å². The summed E-state index contributed by atoms with van der Waals surface area (Å²) < 4.78 is 25.7. The van der Waals surface area contributed by atoms with Gasteiger partial charge in [0.15, 0.2) is 0 Å². The molecule has 2 aromatic rings. The van der Waals surface area contributed by atoms with E-state index in [0.29, 0.717) is 10.1 Å². The summed E-state index contributed by atoms with van der Waals surface area (Å²) in [7, 11) is -1.03. The molecule has 0 saturated heterocycles. The Balaban J connectivity index is 2.07. The van der Waals surface area contributed by atoms with Crippen molar-refractivity contribution >= 4 is 33.7 Å². The number of thiophene rings is 1. The highest BCUT2D eigenvalue weighted by Gasteiger charge is 2.15. The second kappa shape index (κ2) is 5.95. The number of halogens is 2.